The number of benzene rings is 1. The first kappa shape index (κ1) is 11.4. The highest BCUT2D eigenvalue weighted by Gasteiger charge is 2.24. The molecular formula is C14H15FN2O. The lowest BCUT2D eigenvalue weighted by molar-refractivity contribution is 0.0897. The van der Waals surface area contributed by atoms with Crippen molar-refractivity contribution < 1.29 is 9.18 Å². The van der Waals surface area contributed by atoms with Gasteiger partial charge >= 0.3 is 0 Å². The number of Topliss-reactive ketones (excluding diaryl/α,β-unsaturated/α-hetero) is 1. The van der Waals surface area contributed by atoms with E-state index >= 15 is 0 Å². The van der Waals surface area contributed by atoms with Crippen molar-refractivity contribution in [1.82, 2.24) is 10.3 Å². The van der Waals surface area contributed by atoms with Crippen LogP contribution in [-0.4, -0.2) is 23.9 Å². The van der Waals surface area contributed by atoms with Crippen molar-refractivity contribution in [1.29, 1.82) is 0 Å². The third-order valence-corrected chi connectivity index (χ3v) is 3.64. The third kappa shape index (κ3) is 1.82. The second kappa shape index (κ2) is 4.53. The van der Waals surface area contributed by atoms with Gasteiger partial charge in [-0.05, 0) is 32.0 Å². The zero-order valence-corrected chi connectivity index (χ0v) is 10.0. The number of ketones is 1. The zero-order valence-electron chi connectivity index (χ0n) is 10.0. The highest BCUT2D eigenvalue weighted by Crippen LogP contribution is 2.25. The summed E-state index contributed by atoms with van der Waals surface area (Å²) < 4.78 is 13.6. The topological polar surface area (TPSA) is 44.9 Å². The first-order valence-electron chi connectivity index (χ1n) is 6.28. The van der Waals surface area contributed by atoms with E-state index in [-0.39, 0.29) is 17.5 Å². The molecule has 1 aliphatic rings. The van der Waals surface area contributed by atoms with Crippen LogP contribution < -0.4 is 5.32 Å². The number of hydrogen-bond donors (Lipinski definition) is 2. The second-order valence-corrected chi connectivity index (χ2v) is 4.75. The minimum absolute atomic E-state index is 0.0634. The van der Waals surface area contributed by atoms with Crippen LogP contribution in [0.3, 0.4) is 0 Å². The summed E-state index contributed by atoms with van der Waals surface area (Å²) in [5, 5.41) is 3.93. The minimum Gasteiger partial charge on any atom is -0.358 e. The SMILES string of the molecule is O=C(c1c[nH]c2c(F)cccc12)C1CCNCC1. The molecule has 1 fully saturated rings. The molecule has 0 radical (unpaired) electrons. The molecule has 0 spiro atoms. The normalized spacial score (nSPS) is 17.2. The van der Waals surface area contributed by atoms with Crippen LogP contribution in [0.4, 0.5) is 4.39 Å². The standard InChI is InChI=1S/C14H15FN2O/c15-12-3-1-2-10-11(8-17-13(10)12)14(18)9-4-6-16-7-5-9/h1-3,8-9,16-17H,4-7H2. The first-order valence-corrected chi connectivity index (χ1v) is 6.28. The van der Waals surface area contributed by atoms with Gasteiger partial charge in [0.2, 0.25) is 0 Å². The summed E-state index contributed by atoms with van der Waals surface area (Å²) in [5.74, 6) is -0.112. The Morgan fingerprint density at radius 2 is 2.06 bits per heavy atom. The van der Waals surface area contributed by atoms with Gasteiger partial charge in [0.15, 0.2) is 5.78 Å². The Labute approximate surface area is 104 Å². The molecule has 2 aromatic rings. The van der Waals surface area contributed by atoms with Crippen molar-refractivity contribution in [2.24, 2.45) is 5.92 Å². The van der Waals surface area contributed by atoms with Crippen molar-refractivity contribution in [3.8, 4) is 0 Å². The summed E-state index contributed by atoms with van der Waals surface area (Å²) >= 11 is 0. The van der Waals surface area contributed by atoms with Crippen LogP contribution in [0.1, 0.15) is 23.2 Å². The number of hydrogen-bond acceptors (Lipinski definition) is 2. The Balaban J connectivity index is 1.98. The number of H-pyrrole nitrogens is 1. The van der Waals surface area contributed by atoms with Crippen LogP contribution >= 0.6 is 0 Å². The monoisotopic (exact) mass is 246 g/mol. The minimum atomic E-state index is -0.308. The lowest BCUT2D eigenvalue weighted by Gasteiger charge is -2.21. The molecule has 1 aliphatic heterocycles. The fourth-order valence-electron chi connectivity index (χ4n) is 2.63. The van der Waals surface area contributed by atoms with Crippen molar-refractivity contribution in [3.63, 3.8) is 0 Å². The Hall–Kier alpha value is -1.68. The van der Waals surface area contributed by atoms with Gasteiger partial charge in [0, 0.05) is 23.1 Å². The summed E-state index contributed by atoms with van der Waals surface area (Å²) in [6, 6.07) is 4.84. The molecule has 94 valence electrons. The lowest BCUT2D eigenvalue weighted by atomic mass is 9.89. The van der Waals surface area contributed by atoms with E-state index in [1.165, 1.54) is 6.07 Å². The Morgan fingerprint density at radius 1 is 1.28 bits per heavy atom. The molecule has 2 heterocycles. The molecule has 0 unspecified atom stereocenters. The fraction of sp³-hybridized carbons (Fsp3) is 0.357. The molecule has 3 rings (SSSR count). The van der Waals surface area contributed by atoms with Crippen LogP contribution in [0.25, 0.3) is 10.9 Å². The van der Waals surface area contributed by atoms with Gasteiger partial charge < -0.3 is 10.3 Å². The van der Waals surface area contributed by atoms with Crippen LogP contribution in [0.15, 0.2) is 24.4 Å². The van der Waals surface area contributed by atoms with E-state index in [1.807, 2.05) is 0 Å². The number of aromatic nitrogens is 1. The molecule has 0 atom stereocenters. The summed E-state index contributed by atoms with van der Waals surface area (Å²) in [4.78, 5) is 15.3. The number of aromatic amines is 1. The maximum absolute atomic E-state index is 13.6. The molecule has 0 amide bonds. The molecule has 0 aliphatic carbocycles. The molecule has 0 saturated carbocycles. The molecule has 1 aromatic heterocycles. The predicted molar refractivity (Wildman–Crippen MR) is 68.2 cm³/mol. The molecule has 1 aromatic carbocycles. The van der Waals surface area contributed by atoms with E-state index < -0.39 is 0 Å². The van der Waals surface area contributed by atoms with Crippen LogP contribution in [0, 0.1) is 11.7 Å². The lowest BCUT2D eigenvalue weighted by Crippen LogP contribution is -2.31. The van der Waals surface area contributed by atoms with E-state index in [4.69, 9.17) is 0 Å². The highest BCUT2D eigenvalue weighted by atomic mass is 19.1. The number of piperidine rings is 1. The highest BCUT2D eigenvalue weighted by molar-refractivity contribution is 6.09. The second-order valence-electron chi connectivity index (χ2n) is 4.75. The summed E-state index contributed by atoms with van der Waals surface area (Å²) in [6.07, 6.45) is 3.36. The number of rotatable bonds is 2. The van der Waals surface area contributed by atoms with Crippen molar-refractivity contribution in [2.45, 2.75) is 12.8 Å². The van der Waals surface area contributed by atoms with Crippen LogP contribution in [-0.2, 0) is 0 Å². The third-order valence-electron chi connectivity index (χ3n) is 3.64. The molecule has 0 bridgehead atoms. The molecular weight excluding hydrogens is 231 g/mol. The van der Waals surface area contributed by atoms with Gasteiger partial charge in [-0.3, -0.25) is 4.79 Å². The quantitative estimate of drug-likeness (QED) is 0.800. The average molecular weight is 246 g/mol. The number of carbonyl (C=O) groups is 1. The number of carbonyl (C=O) groups excluding carboxylic acids is 1. The molecule has 4 heteroatoms. The first-order chi connectivity index (χ1) is 8.77. The van der Waals surface area contributed by atoms with E-state index in [2.05, 4.69) is 10.3 Å². The predicted octanol–water partition coefficient (Wildman–Crippen LogP) is 2.49. The van der Waals surface area contributed by atoms with Gasteiger partial charge in [0.05, 0.1) is 5.52 Å². The van der Waals surface area contributed by atoms with Crippen molar-refractivity contribution in [3.05, 3.63) is 35.8 Å². The summed E-state index contributed by atoms with van der Waals surface area (Å²) in [5.41, 5.74) is 1.05. The zero-order chi connectivity index (χ0) is 12.5. The number of fused-ring (bicyclic) bond motifs is 1. The van der Waals surface area contributed by atoms with Gasteiger partial charge in [0.25, 0.3) is 0 Å². The van der Waals surface area contributed by atoms with Crippen LogP contribution in [0.2, 0.25) is 0 Å². The summed E-state index contributed by atoms with van der Waals surface area (Å²) in [7, 11) is 0. The van der Waals surface area contributed by atoms with Gasteiger partial charge in [0.1, 0.15) is 5.82 Å². The fourth-order valence-corrected chi connectivity index (χ4v) is 2.63. The molecule has 2 N–H and O–H groups in total. The number of nitrogens with one attached hydrogen (secondary N) is 2. The molecule has 18 heavy (non-hydrogen) atoms. The Bertz CT molecular complexity index is 584. The number of para-hydroxylation sites is 1. The molecule has 3 nitrogen and oxygen atoms in total. The average Bonchev–Trinajstić information content (AvgIpc) is 2.84. The summed E-state index contributed by atoms with van der Waals surface area (Å²) in [6.45, 7) is 1.76. The van der Waals surface area contributed by atoms with Gasteiger partial charge in [-0.2, -0.15) is 0 Å². The molecule has 1 saturated heterocycles. The van der Waals surface area contributed by atoms with Gasteiger partial charge in [-0.1, -0.05) is 12.1 Å². The largest absolute Gasteiger partial charge is 0.358 e. The van der Waals surface area contributed by atoms with Crippen LogP contribution in [0.5, 0.6) is 0 Å². The van der Waals surface area contributed by atoms with E-state index in [1.54, 1.807) is 18.3 Å². The Kier molecular flexibility index (Phi) is 2.88. The van der Waals surface area contributed by atoms with E-state index in [0.717, 1.165) is 25.9 Å². The van der Waals surface area contributed by atoms with Gasteiger partial charge in [-0.25, -0.2) is 4.39 Å². The van der Waals surface area contributed by atoms with Gasteiger partial charge in [-0.15, -0.1) is 0 Å². The smallest absolute Gasteiger partial charge is 0.168 e. The Morgan fingerprint density at radius 3 is 2.83 bits per heavy atom. The van der Waals surface area contributed by atoms with Crippen molar-refractivity contribution in [2.75, 3.05) is 13.1 Å². The van der Waals surface area contributed by atoms with Crippen molar-refractivity contribution >= 4 is 16.7 Å². The maximum atomic E-state index is 13.6. The van der Waals surface area contributed by atoms with E-state index in [9.17, 15) is 9.18 Å². The maximum Gasteiger partial charge on any atom is 0.168 e. The number of halogens is 1. The van der Waals surface area contributed by atoms with E-state index in [0.29, 0.717) is 16.5 Å².